The number of nitrogens with zero attached hydrogens (tertiary/aromatic N) is 2. The van der Waals surface area contributed by atoms with Gasteiger partial charge in [0.25, 0.3) is 0 Å². The molecule has 0 aliphatic carbocycles. The Balaban J connectivity index is 0.000000245. The normalized spacial score (nSPS) is 11.1. The average Bonchev–Trinajstić information content (AvgIpc) is 3.38. The van der Waals surface area contributed by atoms with Crippen molar-refractivity contribution in [3.05, 3.63) is 266 Å². The van der Waals surface area contributed by atoms with E-state index in [1.54, 1.807) is 0 Å². The van der Waals surface area contributed by atoms with Crippen LogP contribution in [0.25, 0.3) is 0 Å². The predicted octanol–water partition coefficient (Wildman–Crippen LogP) is 2.67. The summed E-state index contributed by atoms with van der Waals surface area (Å²) in [6, 6.07) is 88.2. The van der Waals surface area contributed by atoms with Crippen molar-refractivity contribution in [2.75, 3.05) is 0 Å². The minimum Gasteiger partial charge on any atom is -0.456 e. The molecule has 0 saturated carbocycles. The number of rotatable bonds is 12. The Kier molecular flexibility index (Phi) is 23.2. The summed E-state index contributed by atoms with van der Waals surface area (Å²) in [6.45, 7) is 0. The van der Waals surface area contributed by atoms with E-state index in [2.05, 4.69) is 180 Å². The fourth-order valence-corrected chi connectivity index (χ4v) is 11.5. The van der Waals surface area contributed by atoms with Crippen molar-refractivity contribution in [1.29, 1.82) is 0 Å². The van der Waals surface area contributed by atoms with Crippen molar-refractivity contribution in [2.24, 2.45) is 9.98 Å². The number of aliphatic imine (C=N–C) groups is 2. The Hall–Kier alpha value is -6.10. The fraction of sp³-hybridized carbons (Fsp3) is 0. The van der Waals surface area contributed by atoms with E-state index in [0.29, 0.717) is 0 Å². The van der Waals surface area contributed by atoms with Crippen molar-refractivity contribution in [3.63, 3.8) is 0 Å². The molecule has 0 bridgehead atoms. The van der Waals surface area contributed by atoms with Crippen molar-refractivity contribution in [2.45, 2.75) is 0 Å². The van der Waals surface area contributed by atoms with Crippen LogP contribution in [0.1, 0.15) is 11.1 Å². The van der Waals surface area contributed by atoms with E-state index in [9.17, 15) is 0 Å². The second kappa shape index (κ2) is 29.4. The third-order valence-electron chi connectivity index (χ3n) is 9.68. The Morgan fingerprint density at radius 1 is 0.306 bits per heavy atom. The second-order valence-corrected chi connectivity index (χ2v) is 20.5. The molecule has 11 nitrogen and oxygen atoms in total. The minimum atomic E-state index is -4.94. The summed E-state index contributed by atoms with van der Waals surface area (Å²) in [7, 11) is -11.5. The molecule has 0 N–H and O–H groups in total. The summed E-state index contributed by atoms with van der Waals surface area (Å²) in [5.41, 5.74) is 3.87. The van der Waals surface area contributed by atoms with Crippen molar-refractivity contribution < 1.29 is 82.9 Å². The monoisotopic (exact) mass is 1130 g/mol. The molecule has 0 unspecified atom stereocenters. The van der Waals surface area contributed by atoms with Gasteiger partial charge in [-0.25, -0.2) is 37.3 Å². The van der Waals surface area contributed by atoms with E-state index >= 15 is 0 Å². The molecular weight excluding hydrogens is 1080 g/mol. The predicted molar refractivity (Wildman–Crippen MR) is 264 cm³/mol. The molecule has 0 amide bonds. The van der Waals surface area contributed by atoms with Crippen molar-refractivity contribution in [1.82, 2.24) is 0 Å². The van der Waals surface area contributed by atoms with Gasteiger partial charge in [0.15, 0.2) is 0 Å². The summed E-state index contributed by atoms with van der Waals surface area (Å²) < 4.78 is 74.9. The van der Waals surface area contributed by atoms with Gasteiger partial charge in [-0.05, 0) is 72.5 Å². The molecule has 0 atom stereocenters. The maximum Gasteiger partial charge on any atom is 2.00 e. The molecule has 0 spiro atoms. The average molecular weight is 1130 g/mol. The summed E-state index contributed by atoms with van der Waals surface area (Å²) >= 11 is 0. The molecule has 0 aromatic heterocycles. The largest absolute Gasteiger partial charge is 2.00 e. The van der Waals surface area contributed by atoms with Gasteiger partial charge in [0.05, 0.1) is 11.4 Å². The van der Waals surface area contributed by atoms with Crippen LogP contribution in [0.3, 0.4) is 0 Å². The molecule has 9 aromatic rings. The van der Waals surface area contributed by atoms with Gasteiger partial charge in [-0.2, -0.15) is 0 Å². The van der Waals surface area contributed by atoms with Crippen LogP contribution in [-0.4, -0.2) is 12.4 Å². The van der Waals surface area contributed by atoms with Gasteiger partial charge in [-0.3, -0.25) is 9.98 Å². The van der Waals surface area contributed by atoms with E-state index in [4.69, 9.17) is 42.0 Å². The molecule has 0 fully saturated rings. The summed E-state index contributed by atoms with van der Waals surface area (Å²) in [5.74, 6) is 1.81. The van der Waals surface area contributed by atoms with Gasteiger partial charge in [-0.1, -0.05) is 231 Å². The zero-order valence-corrected chi connectivity index (χ0v) is 42.8. The quantitative estimate of drug-likeness (QED) is 0.0997. The fourth-order valence-electron chi connectivity index (χ4n) is 6.79. The van der Waals surface area contributed by atoms with Crippen molar-refractivity contribution >= 4 is 71.5 Å². The van der Waals surface area contributed by atoms with E-state index in [1.807, 2.05) is 97.4 Å². The first-order valence-corrected chi connectivity index (χ1v) is 26.6. The van der Waals surface area contributed by atoms with Crippen LogP contribution in [-0.2, 0) is 20.4 Å². The molecule has 0 heterocycles. The number of ether oxygens (including phenoxy) is 1. The van der Waals surface area contributed by atoms with E-state index < -0.39 is 36.3 Å². The first-order valence-electron chi connectivity index (χ1n) is 21.5. The van der Waals surface area contributed by atoms with Crippen LogP contribution in [0.5, 0.6) is 11.5 Å². The second-order valence-electron chi connectivity index (χ2n) is 14.6. The van der Waals surface area contributed by atoms with Crippen molar-refractivity contribution in [3.8, 4) is 11.5 Å². The number of halogens is 2. The van der Waals surface area contributed by atoms with Gasteiger partial charge < -0.3 is 4.74 Å². The molecule has 9 aromatic carbocycles. The summed E-state index contributed by atoms with van der Waals surface area (Å²) in [6.07, 6.45) is 3.72. The van der Waals surface area contributed by atoms with Crippen LogP contribution in [0.2, 0.25) is 0 Å². The maximum atomic E-state index is 8.49. The number of hydrogen-bond acceptors (Lipinski definition) is 11. The van der Waals surface area contributed by atoms with Gasteiger partial charge in [0.2, 0.25) is 0 Å². The molecule has 9 rings (SSSR count). The number of para-hydroxylation sites is 4. The molecule has 0 radical (unpaired) electrons. The molecular formula is C56H44Cl2N2O9P2Pd. The van der Waals surface area contributed by atoms with Gasteiger partial charge in [0.1, 0.15) is 11.5 Å². The van der Waals surface area contributed by atoms with Crippen LogP contribution in [0.4, 0.5) is 11.4 Å². The summed E-state index contributed by atoms with van der Waals surface area (Å²) in [5, 5.41) is 7.64. The molecule has 366 valence electrons. The number of hydrogen-bond donors (Lipinski definition) is 0. The topological polar surface area (TPSA) is 218 Å². The molecule has 0 aliphatic heterocycles. The van der Waals surface area contributed by atoms with E-state index in [1.165, 1.54) is 31.8 Å². The van der Waals surface area contributed by atoms with Crippen LogP contribution >= 0.6 is 15.8 Å². The Labute approximate surface area is 439 Å². The number of benzene rings is 9. The Bertz CT molecular complexity index is 2720. The Morgan fingerprint density at radius 2 is 0.528 bits per heavy atom. The third-order valence-corrected chi connectivity index (χ3v) is 14.6. The Morgan fingerprint density at radius 3 is 0.806 bits per heavy atom. The van der Waals surface area contributed by atoms with Crippen LogP contribution in [0, 0.1) is 20.5 Å². The van der Waals surface area contributed by atoms with E-state index in [-0.39, 0.29) is 20.4 Å². The molecule has 0 saturated heterocycles. The standard InChI is InChI=1S/C36H28OP2.C20H16N2.2ClHO4.Pd/c1-5-17-29(18-6-1)38(30-19-7-2-8-20-30)35-27-15-13-25-33(35)37-34-26-14-16-28-36(34)39(31-21-9-3-10-22-31)32-23-11-4-12-24-32;1-3-9-17(10-4-1)15-21-19-13-7-8-14-20(19)22-16-18-11-5-2-6-12-18;2*2-1(3,4)5;/h1-28H;1-16H;2*(H,2,3,4,5);/q;;;;+2/p-2. The first kappa shape index (κ1) is 56.8. The van der Waals surface area contributed by atoms with Gasteiger partial charge in [0, 0.05) is 23.0 Å². The molecule has 0 aliphatic rings. The van der Waals surface area contributed by atoms with E-state index in [0.717, 1.165) is 34.0 Å². The zero-order valence-electron chi connectivity index (χ0n) is 37.9. The van der Waals surface area contributed by atoms with Gasteiger partial charge >= 0.3 is 20.4 Å². The minimum absolute atomic E-state index is 0. The smallest absolute Gasteiger partial charge is 0.456 e. The maximum absolute atomic E-state index is 8.49. The summed E-state index contributed by atoms with van der Waals surface area (Å²) in [4.78, 5) is 9.10. The first-order chi connectivity index (χ1) is 34.3. The third kappa shape index (κ3) is 19.8. The van der Waals surface area contributed by atoms with Crippen LogP contribution in [0.15, 0.2) is 265 Å². The zero-order chi connectivity index (χ0) is 50.3. The molecule has 16 heteroatoms. The van der Waals surface area contributed by atoms with Gasteiger partial charge in [-0.15, -0.1) is 20.5 Å². The SMILES string of the molecule is C(=Nc1ccccc1N=Cc1ccccc1)c1ccccc1.[O-][Cl+3]([O-])([O-])[O-].[O-][Cl+3]([O-])([O-])[O-].[Pd+2].c1ccc(P(c2ccccc2)c2ccccc2Oc2ccccc2P(c2ccccc2)c2ccccc2)cc1. The molecule has 72 heavy (non-hydrogen) atoms. The van der Waals surface area contributed by atoms with Crippen LogP contribution < -0.4 is 73.8 Å².